The Morgan fingerprint density at radius 2 is 1.83 bits per heavy atom. The number of pyridine rings is 1. The van der Waals surface area contributed by atoms with Gasteiger partial charge in [0.2, 0.25) is 0 Å². The second-order valence-electron chi connectivity index (χ2n) is 7.07. The topological polar surface area (TPSA) is 26.5 Å². The zero-order valence-corrected chi connectivity index (χ0v) is 15.3. The predicted octanol–water partition coefficient (Wildman–Crippen LogP) is 4.08. The SMILES string of the molecule is Cc1nc2c(OCc3ccc(Cl)cc3)cccn2c1C[N+](C)(C)C. The van der Waals surface area contributed by atoms with Gasteiger partial charge >= 0.3 is 0 Å². The third kappa shape index (κ3) is 3.71. The van der Waals surface area contributed by atoms with Crippen molar-refractivity contribution in [3.05, 3.63) is 64.6 Å². The van der Waals surface area contributed by atoms with Gasteiger partial charge in [0.1, 0.15) is 18.8 Å². The van der Waals surface area contributed by atoms with Gasteiger partial charge in [-0.05, 0) is 36.8 Å². The molecule has 0 aliphatic rings. The van der Waals surface area contributed by atoms with Crippen LogP contribution < -0.4 is 4.74 Å². The van der Waals surface area contributed by atoms with Gasteiger partial charge in [0.15, 0.2) is 11.4 Å². The Morgan fingerprint density at radius 1 is 1.12 bits per heavy atom. The van der Waals surface area contributed by atoms with Gasteiger partial charge < -0.3 is 9.22 Å². The van der Waals surface area contributed by atoms with Crippen LogP contribution in [-0.4, -0.2) is 35.0 Å². The van der Waals surface area contributed by atoms with Crippen molar-refractivity contribution < 1.29 is 9.22 Å². The summed E-state index contributed by atoms with van der Waals surface area (Å²) in [5.74, 6) is 0.795. The number of hydrogen-bond acceptors (Lipinski definition) is 2. The molecule has 0 bridgehead atoms. The Labute approximate surface area is 147 Å². The standard InChI is InChI=1S/C19H23ClN3O/c1-14-17(12-23(2,3)4)22-11-5-6-18(19(22)21-14)24-13-15-7-9-16(20)10-8-15/h5-11H,12-13H2,1-4H3/q+1. The molecule has 2 aromatic heterocycles. The number of fused-ring (bicyclic) bond motifs is 1. The van der Waals surface area contributed by atoms with Crippen molar-refractivity contribution in [3.63, 3.8) is 0 Å². The van der Waals surface area contributed by atoms with Crippen LogP contribution in [0.5, 0.6) is 5.75 Å². The van der Waals surface area contributed by atoms with Crippen molar-refractivity contribution in [2.45, 2.75) is 20.1 Å². The maximum Gasteiger partial charge on any atom is 0.180 e. The van der Waals surface area contributed by atoms with E-state index in [1.807, 2.05) is 36.4 Å². The van der Waals surface area contributed by atoms with Gasteiger partial charge in [-0.3, -0.25) is 4.40 Å². The molecule has 4 nitrogen and oxygen atoms in total. The zero-order chi connectivity index (χ0) is 17.3. The number of imidazole rings is 1. The second-order valence-corrected chi connectivity index (χ2v) is 7.51. The number of benzene rings is 1. The molecule has 5 heteroatoms. The first kappa shape index (κ1) is 16.8. The monoisotopic (exact) mass is 344 g/mol. The summed E-state index contributed by atoms with van der Waals surface area (Å²) in [6, 6.07) is 11.7. The van der Waals surface area contributed by atoms with Crippen LogP contribution in [0.4, 0.5) is 0 Å². The summed E-state index contributed by atoms with van der Waals surface area (Å²) < 4.78 is 9.00. The van der Waals surface area contributed by atoms with Gasteiger partial charge in [-0.25, -0.2) is 4.98 Å². The summed E-state index contributed by atoms with van der Waals surface area (Å²) in [7, 11) is 6.54. The van der Waals surface area contributed by atoms with E-state index < -0.39 is 0 Å². The van der Waals surface area contributed by atoms with Crippen LogP contribution in [0.25, 0.3) is 5.65 Å². The van der Waals surface area contributed by atoms with Crippen molar-refractivity contribution in [1.82, 2.24) is 9.38 Å². The number of nitrogens with zero attached hydrogens (tertiary/aromatic N) is 3. The van der Waals surface area contributed by atoms with Crippen LogP contribution >= 0.6 is 11.6 Å². The van der Waals surface area contributed by atoms with Crippen LogP contribution in [0, 0.1) is 6.92 Å². The second kappa shape index (κ2) is 6.46. The maximum absolute atomic E-state index is 6.01. The zero-order valence-electron chi connectivity index (χ0n) is 14.6. The van der Waals surface area contributed by atoms with Gasteiger partial charge in [0, 0.05) is 11.2 Å². The first-order valence-corrected chi connectivity index (χ1v) is 8.35. The van der Waals surface area contributed by atoms with E-state index >= 15 is 0 Å². The first-order valence-electron chi connectivity index (χ1n) is 7.98. The summed E-state index contributed by atoms with van der Waals surface area (Å²) in [6.45, 7) is 3.46. The molecule has 3 aromatic rings. The van der Waals surface area contributed by atoms with Gasteiger partial charge in [-0.15, -0.1) is 0 Å². The summed E-state index contributed by atoms with van der Waals surface area (Å²) in [5.41, 5.74) is 4.21. The minimum atomic E-state index is 0.493. The Bertz CT molecular complexity index is 847. The van der Waals surface area contributed by atoms with Gasteiger partial charge in [-0.2, -0.15) is 0 Å². The van der Waals surface area contributed by atoms with Crippen LogP contribution in [0.15, 0.2) is 42.6 Å². The highest BCUT2D eigenvalue weighted by Gasteiger charge is 2.18. The van der Waals surface area contributed by atoms with Crippen molar-refractivity contribution in [3.8, 4) is 5.75 Å². The normalized spacial score (nSPS) is 11.9. The Balaban J connectivity index is 1.89. The van der Waals surface area contributed by atoms with Crippen LogP contribution in [0.2, 0.25) is 5.02 Å². The largest absolute Gasteiger partial charge is 0.485 e. The van der Waals surface area contributed by atoms with Gasteiger partial charge in [-0.1, -0.05) is 23.7 Å². The molecular weight excluding hydrogens is 322 g/mol. The van der Waals surface area contributed by atoms with E-state index in [0.717, 1.165) is 38.7 Å². The lowest BCUT2D eigenvalue weighted by Crippen LogP contribution is -2.34. The maximum atomic E-state index is 6.01. The smallest absolute Gasteiger partial charge is 0.180 e. The molecule has 1 aromatic carbocycles. The molecule has 0 saturated heterocycles. The molecule has 0 N–H and O–H groups in total. The molecule has 0 fully saturated rings. The molecule has 0 amide bonds. The molecule has 0 unspecified atom stereocenters. The van der Waals surface area contributed by atoms with Crippen molar-refractivity contribution in [2.24, 2.45) is 0 Å². The Hall–Kier alpha value is -2.04. The number of ether oxygens (including phenoxy) is 1. The van der Waals surface area contributed by atoms with E-state index in [2.05, 4.69) is 38.7 Å². The summed E-state index contributed by atoms with van der Waals surface area (Å²) in [5, 5.41) is 0.731. The van der Waals surface area contributed by atoms with Crippen LogP contribution in [0.1, 0.15) is 17.0 Å². The lowest BCUT2D eigenvalue weighted by atomic mass is 10.2. The highest BCUT2D eigenvalue weighted by atomic mass is 35.5. The number of aryl methyl sites for hydroxylation is 1. The number of aromatic nitrogens is 2. The third-order valence-electron chi connectivity index (χ3n) is 3.85. The Morgan fingerprint density at radius 3 is 2.50 bits per heavy atom. The molecule has 0 aliphatic heterocycles. The lowest BCUT2D eigenvalue weighted by molar-refractivity contribution is -0.884. The van der Waals surface area contributed by atoms with E-state index in [9.17, 15) is 0 Å². The summed E-state index contributed by atoms with van der Waals surface area (Å²) in [6.07, 6.45) is 2.05. The molecule has 2 heterocycles. The summed E-state index contributed by atoms with van der Waals surface area (Å²) in [4.78, 5) is 4.73. The molecule has 0 spiro atoms. The summed E-state index contributed by atoms with van der Waals surface area (Å²) >= 11 is 5.92. The van der Waals surface area contributed by atoms with E-state index in [0.29, 0.717) is 6.61 Å². The minimum absolute atomic E-state index is 0.493. The molecule has 3 rings (SSSR count). The molecule has 0 aliphatic carbocycles. The quantitative estimate of drug-likeness (QED) is 0.652. The molecule has 0 saturated carbocycles. The Kier molecular flexibility index (Phi) is 4.52. The number of rotatable bonds is 5. The fraction of sp³-hybridized carbons (Fsp3) is 0.316. The van der Waals surface area contributed by atoms with Crippen LogP contribution in [-0.2, 0) is 13.2 Å². The molecule has 24 heavy (non-hydrogen) atoms. The van der Waals surface area contributed by atoms with E-state index in [-0.39, 0.29) is 0 Å². The van der Waals surface area contributed by atoms with E-state index in [4.69, 9.17) is 21.3 Å². The third-order valence-corrected chi connectivity index (χ3v) is 4.10. The fourth-order valence-corrected chi connectivity index (χ4v) is 2.83. The van der Waals surface area contributed by atoms with Crippen molar-refractivity contribution in [1.29, 1.82) is 0 Å². The predicted molar refractivity (Wildman–Crippen MR) is 97.4 cm³/mol. The van der Waals surface area contributed by atoms with E-state index in [1.165, 1.54) is 5.69 Å². The lowest BCUT2D eigenvalue weighted by Gasteiger charge is -2.23. The minimum Gasteiger partial charge on any atom is -0.485 e. The molecule has 126 valence electrons. The van der Waals surface area contributed by atoms with Crippen molar-refractivity contribution in [2.75, 3.05) is 21.1 Å². The molecule has 0 atom stereocenters. The number of hydrogen-bond donors (Lipinski definition) is 0. The van der Waals surface area contributed by atoms with Crippen molar-refractivity contribution >= 4 is 17.2 Å². The first-order chi connectivity index (χ1) is 11.3. The highest BCUT2D eigenvalue weighted by Crippen LogP contribution is 2.24. The number of halogens is 1. The van der Waals surface area contributed by atoms with Gasteiger partial charge in [0.25, 0.3) is 0 Å². The highest BCUT2D eigenvalue weighted by molar-refractivity contribution is 6.30. The molecule has 0 radical (unpaired) electrons. The fourth-order valence-electron chi connectivity index (χ4n) is 2.70. The average Bonchev–Trinajstić information content (AvgIpc) is 2.82. The average molecular weight is 345 g/mol. The molecular formula is C19H23ClN3O+. The van der Waals surface area contributed by atoms with Gasteiger partial charge in [0.05, 0.1) is 26.8 Å². The van der Waals surface area contributed by atoms with E-state index in [1.54, 1.807) is 0 Å². The van der Waals surface area contributed by atoms with Crippen LogP contribution in [0.3, 0.4) is 0 Å². The number of quaternary nitrogens is 1.